The zero-order valence-electron chi connectivity index (χ0n) is 13.5. The molecule has 0 saturated carbocycles. The minimum atomic E-state index is -3.49. The maximum Gasteiger partial charge on any atom is 0.250 e. The number of aliphatic imine (C=N–C) groups is 1. The molecule has 0 radical (unpaired) electrons. The lowest BCUT2D eigenvalue weighted by molar-refractivity contribution is 0.465. The van der Waals surface area contributed by atoms with Crippen molar-refractivity contribution in [3.63, 3.8) is 0 Å². The molecular formula is C13H24ClIN4O2S2. The summed E-state index contributed by atoms with van der Waals surface area (Å²) in [5, 5.41) is 3.13. The summed E-state index contributed by atoms with van der Waals surface area (Å²) in [5.74, 6) is 0.756. The Morgan fingerprint density at radius 2 is 2.09 bits per heavy atom. The van der Waals surface area contributed by atoms with Gasteiger partial charge in [0.2, 0.25) is 10.0 Å². The predicted octanol–water partition coefficient (Wildman–Crippen LogP) is 2.61. The Balaban J connectivity index is 0.00000484. The van der Waals surface area contributed by atoms with Crippen LogP contribution in [0.3, 0.4) is 0 Å². The second-order valence-electron chi connectivity index (χ2n) is 4.71. The standard InChI is InChI=1S/C13H23ClN4O2S2.HI/c1-4-5-10-18(3)13(15-2)16-8-9-17-22(19,20)12-7-6-11(14)21-12;/h6-7,17H,4-5,8-10H2,1-3H3,(H,15,16);1H. The fourth-order valence-electron chi connectivity index (χ4n) is 1.76. The van der Waals surface area contributed by atoms with Crippen LogP contribution in [0.15, 0.2) is 21.3 Å². The van der Waals surface area contributed by atoms with Crippen molar-refractivity contribution >= 4 is 62.9 Å². The number of halogens is 2. The molecule has 1 aromatic rings. The highest BCUT2D eigenvalue weighted by Gasteiger charge is 2.15. The third-order valence-corrected chi connectivity index (χ3v) is 6.12. The maximum atomic E-state index is 12.0. The average molecular weight is 495 g/mol. The zero-order chi connectivity index (χ0) is 16.6. The van der Waals surface area contributed by atoms with Crippen LogP contribution in [0.5, 0.6) is 0 Å². The Hall–Kier alpha value is -0.1000. The number of nitrogens with zero attached hydrogens (tertiary/aromatic N) is 2. The van der Waals surface area contributed by atoms with Gasteiger partial charge in [-0.15, -0.1) is 35.3 Å². The molecule has 1 aromatic heterocycles. The third kappa shape index (κ3) is 8.01. The minimum Gasteiger partial charge on any atom is -0.355 e. The van der Waals surface area contributed by atoms with Crippen LogP contribution in [-0.4, -0.2) is 53.0 Å². The number of hydrogen-bond donors (Lipinski definition) is 2. The lowest BCUT2D eigenvalue weighted by atomic mass is 10.3. The summed E-state index contributed by atoms with van der Waals surface area (Å²) < 4.78 is 27.2. The fourth-order valence-corrected chi connectivity index (χ4v) is 4.32. The summed E-state index contributed by atoms with van der Waals surface area (Å²) in [7, 11) is 0.184. The highest BCUT2D eigenvalue weighted by Crippen LogP contribution is 2.25. The molecule has 1 heterocycles. The lowest BCUT2D eigenvalue weighted by Crippen LogP contribution is -2.42. The van der Waals surface area contributed by atoms with Crippen LogP contribution in [-0.2, 0) is 10.0 Å². The first-order valence-electron chi connectivity index (χ1n) is 7.07. The fraction of sp³-hybridized carbons (Fsp3) is 0.615. The molecule has 0 saturated heterocycles. The van der Waals surface area contributed by atoms with Crippen LogP contribution in [0, 0.1) is 0 Å². The van der Waals surface area contributed by atoms with Crippen LogP contribution in [0.4, 0.5) is 0 Å². The molecule has 134 valence electrons. The molecule has 0 amide bonds. The molecule has 0 aliphatic carbocycles. The van der Waals surface area contributed by atoms with E-state index in [1.165, 1.54) is 6.07 Å². The van der Waals surface area contributed by atoms with Crippen molar-refractivity contribution in [1.82, 2.24) is 14.9 Å². The molecule has 23 heavy (non-hydrogen) atoms. The van der Waals surface area contributed by atoms with Crippen molar-refractivity contribution in [2.45, 2.75) is 24.0 Å². The third-order valence-electron chi connectivity index (χ3n) is 2.93. The summed E-state index contributed by atoms with van der Waals surface area (Å²) in [6, 6.07) is 3.07. The van der Waals surface area contributed by atoms with Crippen molar-refractivity contribution in [3.8, 4) is 0 Å². The van der Waals surface area contributed by atoms with Crippen LogP contribution >= 0.6 is 46.9 Å². The number of sulfonamides is 1. The lowest BCUT2D eigenvalue weighted by Gasteiger charge is -2.21. The zero-order valence-corrected chi connectivity index (χ0v) is 18.2. The summed E-state index contributed by atoms with van der Waals surface area (Å²) in [6.07, 6.45) is 2.20. The van der Waals surface area contributed by atoms with Gasteiger partial charge in [0.15, 0.2) is 5.96 Å². The van der Waals surface area contributed by atoms with E-state index in [2.05, 4.69) is 22.0 Å². The van der Waals surface area contributed by atoms with Gasteiger partial charge in [-0.1, -0.05) is 24.9 Å². The largest absolute Gasteiger partial charge is 0.355 e. The molecule has 1 rings (SSSR count). The second-order valence-corrected chi connectivity index (χ2v) is 8.41. The van der Waals surface area contributed by atoms with Crippen LogP contribution < -0.4 is 10.0 Å². The molecule has 0 aliphatic rings. The van der Waals surface area contributed by atoms with Crippen LogP contribution in [0.25, 0.3) is 0 Å². The monoisotopic (exact) mass is 494 g/mol. The first-order chi connectivity index (χ1) is 10.4. The van der Waals surface area contributed by atoms with Gasteiger partial charge in [-0.25, -0.2) is 13.1 Å². The highest BCUT2D eigenvalue weighted by molar-refractivity contribution is 14.0. The van der Waals surface area contributed by atoms with Gasteiger partial charge in [0.1, 0.15) is 4.21 Å². The van der Waals surface area contributed by atoms with E-state index >= 15 is 0 Å². The van der Waals surface area contributed by atoms with Crippen molar-refractivity contribution in [2.24, 2.45) is 4.99 Å². The Morgan fingerprint density at radius 3 is 2.61 bits per heavy atom. The van der Waals surface area contributed by atoms with Gasteiger partial charge in [0, 0.05) is 33.7 Å². The molecule has 0 spiro atoms. The van der Waals surface area contributed by atoms with Gasteiger partial charge >= 0.3 is 0 Å². The number of thiophene rings is 1. The van der Waals surface area contributed by atoms with E-state index in [4.69, 9.17) is 11.6 Å². The Kier molecular flexibility index (Phi) is 11.4. The van der Waals surface area contributed by atoms with Gasteiger partial charge in [-0.2, -0.15) is 0 Å². The molecule has 0 aliphatic heterocycles. The van der Waals surface area contributed by atoms with E-state index in [-0.39, 0.29) is 34.7 Å². The van der Waals surface area contributed by atoms with Crippen LogP contribution in [0.2, 0.25) is 4.34 Å². The van der Waals surface area contributed by atoms with Crippen LogP contribution in [0.1, 0.15) is 19.8 Å². The molecular weight excluding hydrogens is 471 g/mol. The molecule has 0 fully saturated rings. The van der Waals surface area contributed by atoms with E-state index in [1.807, 2.05) is 11.9 Å². The predicted molar refractivity (Wildman–Crippen MR) is 109 cm³/mol. The van der Waals surface area contributed by atoms with Crippen molar-refractivity contribution in [2.75, 3.05) is 33.7 Å². The molecule has 0 aromatic carbocycles. The quantitative estimate of drug-likeness (QED) is 0.252. The van der Waals surface area contributed by atoms with Gasteiger partial charge in [0.05, 0.1) is 4.34 Å². The molecule has 0 bridgehead atoms. The van der Waals surface area contributed by atoms with E-state index in [0.717, 1.165) is 36.7 Å². The molecule has 2 N–H and O–H groups in total. The first-order valence-corrected chi connectivity index (χ1v) is 9.75. The van der Waals surface area contributed by atoms with E-state index in [1.54, 1.807) is 13.1 Å². The Bertz CT molecular complexity index is 593. The molecule has 6 nitrogen and oxygen atoms in total. The SMILES string of the molecule is CCCCN(C)C(=NC)NCCNS(=O)(=O)c1ccc(Cl)s1.I. The van der Waals surface area contributed by atoms with E-state index in [9.17, 15) is 8.42 Å². The molecule has 0 atom stereocenters. The normalized spacial score (nSPS) is 11.9. The van der Waals surface area contributed by atoms with Gasteiger partial charge in [-0.05, 0) is 18.6 Å². The number of nitrogens with one attached hydrogen (secondary N) is 2. The number of hydrogen-bond acceptors (Lipinski definition) is 4. The van der Waals surface area contributed by atoms with Gasteiger partial charge in [-0.3, -0.25) is 4.99 Å². The Morgan fingerprint density at radius 1 is 1.39 bits per heavy atom. The van der Waals surface area contributed by atoms with Gasteiger partial charge < -0.3 is 10.2 Å². The average Bonchev–Trinajstić information content (AvgIpc) is 2.92. The number of rotatable bonds is 8. The summed E-state index contributed by atoms with van der Waals surface area (Å²) in [6.45, 7) is 3.78. The second kappa shape index (κ2) is 11.5. The Labute approximate surface area is 164 Å². The summed E-state index contributed by atoms with van der Waals surface area (Å²) in [4.78, 5) is 6.20. The smallest absolute Gasteiger partial charge is 0.250 e. The summed E-state index contributed by atoms with van der Waals surface area (Å²) >= 11 is 6.80. The number of unbranched alkanes of at least 4 members (excludes halogenated alkanes) is 1. The van der Waals surface area contributed by atoms with Gasteiger partial charge in [0.25, 0.3) is 0 Å². The van der Waals surface area contributed by atoms with Crippen molar-refractivity contribution in [1.29, 1.82) is 0 Å². The van der Waals surface area contributed by atoms with E-state index in [0.29, 0.717) is 10.9 Å². The van der Waals surface area contributed by atoms with Crippen molar-refractivity contribution in [3.05, 3.63) is 16.5 Å². The number of guanidine groups is 1. The topological polar surface area (TPSA) is 73.8 Å². The minimum absolute atomic E-state index is 0. The first kappa shape index (κ1) is 22.9. The maximum absolute atomic E-state index is 12.0. The highest BCUT2D eigenvalue weighted by atomic mass is 127. The van der Waals surface area contributed by atoms with E-state index < -0.39 is 10.0 Å². The summed E-state index contributed by atoms with van der Waals surface area (Å²) in [5.41, 5.74) is 0. The van der Waals surface area contributed by atoms with Crippen molar-refractivity contribution < 1.29 is 8.42 Å². The molecule has 10 heteroatoms. The molecule has 0 unspecified atom stereocenters.